The molecular weight excluding hydrogens is 290 g/mol. The molecule has 0 saturated heterocycles. The first-order valence-electron chi connectivity index (χ1n) is 6.61. The fraction of sp³-hybridized carbons (Fsp3) is 0.500. The molecule has 0 aliphatic heterocycles. The number of carbonyl (C=O) groups is 1. The minimum Gasteiger partial charge on any atom is -0.327 e. The number of nitrogens with one attached hydrogen (secondary N) is 2. The fourth-order valence-electron chi connectivity index (χ4n) is 1.59. The first-order valence-corrected chi connectivity index (χ1v) is 8.50. The lowest BCUT2D eigenvalue weighted by Gasteiger charge is -2.26. The van der Waals surface area contributed by atoms with Crippen LogP contribution < -0.4 is 15.8 Å². The molecule has 0 saturated carbocycles. The standard InChI is InChI=1S/C14H23N3O3S/c1-14(2,3)12(15)9-13(18)16-10-7-5-6-8-11(10)17-21(4,19)20/h5-8,12,17H,9,15H2,1-4H3,(H,16,18). The Morgan fingerprint density at radius 3 is 2.24 bits per heavy atom. The Morgan fingerprint density at radius 2 is 1.76 bits per heavy atom. The number of para-hydroxylation sites is 2. The van der Waals surface area contributed by atoms with E-state index in [9.17, 15) is 13.2 Å². The van der Waals surface area contributed by atoms with Crippen molar-refractivity contribution in [2.24, 2.45) is 11.1 Å². The third-order valence-corrected chi connectivity index (χ3v) is 3.60. The number of rotatable bonds is 5. The molecule has 0 aliphatic carbocycles. The van der Waals surface area contributed by atoms with E-state index in [0.29, 0.717) is 11.4 Å². The van der Waals surface area contributed by atoms with Gasteiger partial charge in [-0.2, -0.15) is 0 Å². The highest BCUT2D eigenvalue weighted by atomic mass is 32.2. The Labute approximate surface area is 126 Å². The molecule has 0 aromatic heterocycles. The summed E-state index contributed by atoms with van der Waals surface area (Å²) < 4.78 is 25.0. The summed E-state index contributed by atoms with van der Waals surface area (Å²) in [5, 5.41) is 2.69. The molecule has 118 valence electrons. The van der Waals surface area contributed by atoms with E-state index in [1.807, 2.05) is 20.8 Å². The van der Waals surface area contributed by atoms with Crippen LogP contribution in [0.1, 0.15) is 27.2 Å². The average molecular weight is 313 g/mol. The van der Waals surface area contributed by atoms with Gasteiger partial charge in [-0.05, 0) is 17.5 Å². The van der Waals surface area contributed by atoms with Gasteiger partial charge in [0.25, 0.3) is 0 Å². The zero-order valence-corrected chi connectivity index (χ0v) is 13.6. The van der Waals surface area contributed by atoms with Gasteiger partial charge in [-0.1, -0.05) is 32.9 Å². The van der Waals surface area contributed by atoms with Gasteiger partial charge in [0, 0.05) is 12.5 Å². The summed E-state index contributed by atoms with van der Waals surface area (Å²) in [4.78, 5) is 12.0. The van der Waals surface area contributed by atoms with Crippen molar-refractivity contribution in [1.82, 2.24) is 0 Å². The monoisotopic (exact) mass is 313 g/mol. The molecule has 0 aliphatic rings. The maximum Gasteiger partial charge on any atom is 0.229 e. The lowest BCUT2D eigenvalue weighted by atomic mass is 9.85. The Balaban J connectivity index is 2.82. The van der Waals surface area contributed by atoms with Crippen molar-refractivity contribution in [3.8, 4) is 0 Å². The molecule has 4 N–H and O–H groups in total. The summed E-state index contributed by atoms with van der Waals surface area (Å²) in [6, 6.07) is 6.33. The number of carbonyl (C=O) groups excluding carboxylic acids is 1. The van der Waals surface area contributed by atoms with E-state index in [1.165, 1.54) is 0 Å². The predicted octanol–water partition coefficient (Wildman–Crippen LogP) is 1.76. The second kappa shape index (κ2) is 6.44. The molecule has 0 heterocycles. The van der Waals surface area contributed by atoms with Crippen LogP contribution in [-0.4, -0.2) is 26.6 Å². The second-order valence-electron chi connectivity index (χ2n) is 6.14. The minimum atomic E-state index is -3.41. The van der Waals surface area contributed by atoms with E-state index in [0.717, 1.165) is 6.26 Å². The second-order valence-corrected chi connectivity index (χ2v) is 7.89. The van der Waals surface area contributed by atoms with E-state index in [2.05, 4.69) is 10.0 Å². The van der Waals surface area contributed by atoms with Crippen molar-refractivity contribution >= 4 is 27.3 Å². The van der Waals surface area contributed by atoms with Crippen molar-refractivity contribution in [1.29, 1.82) is 0 Å². The van der Waals surface area contributed by atoms with Crippen LogP contribution in [0.15, 0.2) is 24.3 Å². The first kappa shape index (κ1) is 17.5. The lowest BCUT2D eigenvalue weighted by Crippen LogP contribution is -2.38. The summed E-state index contributed by atoms with van der Waals surface area (Å²) in [6.07, 6.45) is 1.22. The molecule has 0 radical (unpaired) electrons. The third kappa shape index (κ3) is 6.14. The summed E-state index contributed by atoms with van der Waals surface area (Å²) in [5.41, 5.74) is 6.54. The average Bonchev–Trinajstić information content (AvgIpc) is 2.28. The van der Waals surface area contributed by atoms with Crippen LogP contribution in [0.4, 0.5) is 11.4 Å². The number of anilines is 2. The molecule has 6 nitrogen and oxygen atoms in total. The number of nitrogens with two attached hydrogens (primary N) is 1. The largest absolute Gasteiger partial charge is 0.327 e. The van der Waals surface area contributed by atoms with E-state index >= 15 is 0 Å². The van der Waals surface area contributed by atoms with Crippen LogP contribution in [0, 0.1) is 5.41 Å². The van der Waals surface area contributed by atoms with Gasteiger partial charge in [0.15, 0.2) is 0 Å². The molecule has 1 unspecified atom stereocenters. The molecule has 1 atom stereocenters. The topological polar surface area (TPSA) is 101 Å². The molecular formula is C14H23N3O3S. The van der Waals surface area contributed by atoms with Gasteiger partial charge in [0.2, 0.25) is 15.9 Å². The molecule has 0 bridgehead atoms. The number of sulfonamides is 1. The van der Waals surface area contributed by atoms with Gasteiger partial charge in [-0.25, -0.2) is 8.42 Å². The van der Waals surface area contributed by atoms with Crippen molar-refractivity contribution < 1.29 is 13.2 Å². The highest BCUT2D eigenvalue weighted by Gasteiger charge is 2.23. The molecule has 21 heavy (non-hydrogen) atoms. The summed E-state index contributed by atoms with van der Waals surface area (Å²) in [6.45, 7) is 5.89. The van der Waals surface area contributed by atoms with Crippen LogP contribution in [0.2, 0.25) is 0 Å². The molecule has 7 heteroatoms. The normalized spacial score (nSPS) is 13.6. The Hall–Kier alpha value is -1.60. The Kier molecular flexibility index (Phi) is 5.36. The van der Waals surface area contributed by atoms with E-state index in [4.69, 9.17) is 5.73 Å². The van der Waals surface area contributed by atoms with Gasteiger partial charge >= 0.3 is 0 Å². The molecule has 1 rings (SSSR count). The zero-order valence-electron chi connectivity index (χ0n) is 12.8. The Bertz CT molecular complexity index is 606. The molecule has 1 aromatic rings. The third-order valence-electron chi connectivity index (χ3n) is 3.01. The summed E-state index contributed by atoms with van der Waals surface area (Å²) in [7, 11) is -3.41. The van der Waals surface area contributed by atoms with Gasteiger partial charge in [-0.15, -0.1) is 0 Å². The number of hydrogen-bond acceptors (Lipinski definition) is 4. The summed E-state index contributed by atoms with van der Waals surface area (Å²) in [5.74, 6) is -0.250. The first-order chi connectivity index (χ1) is 9.49. The molecule has 1 aromatic carbocycles. The highest BCUT2D eigenvalue weighted by Crippen LogP contribution is 2.24. The fourth-order valence-corrected chi connectivity index (χ4v) is 2.17. The number of benzene rings is 1. The predicted molar refractivity (Wildman–Crippen MR) is 85.6 cm³/mol. The van der Waals surface area contributed by atoms with Gasteiger partial charge < -0.3 is 11.1 Å². The van der Waals surface area contributed by atoms with E-state index < -0.39 is 10.0 Å². The molecule has 1 amide bonds. The van der Waals surface area contributed by atoms with Crippen LogP contribution in [0.3, 0.4) is 0 Å². The highest BCUT2D eigenvalue weighted by molar-refractivity contribution is 7.92. The Morgan fingerprint density at radius 1 is 1.24 bits per heavy atom. The van der Waals surface area contributed by atoms with Crippen LogP contribution >= 0.6 is 0 Å². The maximum absolute atomic E-state index is 12.0. The maximum atomic E-state index is 12.0. The molecule has 0 spiro atoms. The van der Waals surface area contributed by atoms with E-state index in [-0.39, 0.29) is 23.8 Å². The molecule has 0 fully saturated rings. The van der Waals surface area contributed by atoms with Gasteiger partial charge in [-0.3, -0.25) is 9.52 Å². The minimum absolute atomic E-state index is 0.163. The van der Waals surface area contributed by atoms with Gasteiger partial charge in [0.1, 0.15) is 0 Å². The number of amides is 1. The smallest absolute Gasteiger partial charge is 0.229 e. The van der Waals surface area contributed by atoms with E-state index in [1.54, 1.807) is 24.3 Å². The van der Waals surface area contributed by atoms with Crippen LogP contribution in [-0.2, 0) is 14.8 Å². The van der Waals surface area contributed by atoms with Crippen molar-refractivity contribution in [3.63, 3.8) is 0 Å². The number of hydrogen-bond donors (Lipinski definition) is 3. The van der Waals surface area contributed by atoms with Crippen LogP contribution in [0.25, 0.3) is 0 Å². The lowest BCUT2D eigenvalue weighted by molar-refractivity contribution is -0.117. The van der Waals surface area contributed by atoms with Crippen LogP contribution in [0.5, 0.6) is 0 Å². The van der Waals surface area contributed by atoms with Crippen molar-refractivity contribution in [2.75, 3.05) is 16.3 Å². The van der Waals surface area contributed by atoms with Gasteiger partial charge in [0.05, 0.1) is 17.6 Å². The van der Waals surface area contributed by atoms with Crippen molar-refractivity contribution in [2.45, 2.75) is 33.2 Å². The summed E-state index contributed by atoms with van der Waals surface area (Å²) >= 11 is 0. The van der Waals surface area contributed by atoms with Crippen molar-refractivity contribution in [3.05, 3.63) is 24.3 Å². The SMILES string of the molecule is CC(C)(C)C(N)CC(=O)Nc1ccccc1NS(C)(=O)=O. The zero-order chi connectivity index (χ0) is 16.3. The quantitative estimate of drug-likeness (QED) is 0.771.